The summed E-state index contributed by atoms with van der Waals surface area (Å²) in [6.07, 6.45) is -4.26. The highest BCUT2D eigenvalue weighted by atomic mass is 19.4. The van der Waals surface area contributed by atoms with Crippen molar-refractivity contribution >= 4 is 11.7 Å². The van der Waals surface area contributed by atoms with E-state index in [1.165, 1.54) is 4.90 Å². The van der Waals surface area contributed by atoms with E-state index in [-0.39, 0.29) is 24.4 Å². The molecule has 0 saturated carbocycles. The molecule has 0 fully saturated rings. The van der Waals surface area contributed by atoms with Crippen LogP contribution in [0, 0.1) is 0 Å². The molecule has 0 atom stereocenters. The maximum Gasteiger partial charge on any atom is 0.416 e. The smallest absolute Gasteiger partial charge is 0.409 e. The van der Waals surface area contributed by atoms with Crippen molar-refractivity contribution in [3.05, 3.63) is 35.4 Å². The van der Waals surface area contributed by atoms with Crippen molar-refractivity contribution in [3.63, 3.8) is 0 Å². The molecule has 1 rings (SSSR count). The zero-order valence-corrected chi connectivity index (χ0v) is 11.4. The lowest BCUT2D eigenvalue weighted by Gasteiger charge is -2.20. The summed E-state index contributed by atoms with van der Waals surface area (Å²) in [5.41, 5.74) is 4.67. The monoisotopic (exact) mass is 303 g/mol. The average Bonchev–Trinajstić information content (AvgIpc) is 2.46. The third kappa shape index (κ3) is 4.66. The van der Waals surface area contributed by atoms with Gasteiger partial charge in [-0.1, -0.05) is 5.16 Å². The van der Waals surface area contributed by atoms with Crippen LogP contribution in [0.1, 0.15) is 29.3 Å². The minimum absolute atomic E-state index is 0.0198. The predicted molar refractivity (Wildman–Crippen MR) is 71.0 cm³/mol. The van der Waals surface area contributed by atoms with Crippen LogP contribution in [0.4, 0.5) is 13.2 Å². The molecule has 0 bridgehead atoms. The van der Waals surface area contributed by atoms with Crippen molar-refractivity contribution in [1.82, 2.24) is 4.90 Å². The van der Waals surface area contributed by atoms with E-state index in [1.807, 2.05) is 0 Å². The number of hydrogen-bond acceptors (Lipinski definition) is 3. The van der Waals surface area contributed by atoms with Crippen molar-refractivity contribution in [2.75, 3.05) is 13.1 Å². The SMILES string of the molecule is CCN(CCC(N)=NO)C(=O)c1ccc(C(F)(F)F)cc1. The van der Waals surface area contributed by atoms with E-state index in [1.54, 1.807) is 6.92 Å². The Labute approximate surface area is 119 Å². The zero-order chi connectivity index (χ0) is 16.0. The minimum Gasteiger partial charge on any atom is -0.409 e. The van der Waals surface area contributed by atoms with Crippen LogP contribution in [0.15, 0.2) is 29.4 Å². The number of carbonyl (C=O) groups excluding carboxylic acids is 1. The maximum atomic E-state index is 12.4. The van der Waals surface area contributed by atoms with Gasteiger partial charge in [0, 0.05) is 25.1 Å². The molecular formula is C13H16F3N3O2. The van der Waals surface area contributed by atoms with Gasteiger partial charge in [0.1, 0.15) is 5.84 Å². The molecule has 1 amide bonds. The van der Waals surface area contributed by atoms with Crippen molar-refractivity contribution in [2.45, 2.75) is 19.5 Å². The Kier molecular flexibility index (Phi) is 5.57. The van der Waals surface area contributed by atoms with Crippen LogP contribution in [-0.2, 0) is 6.18 Å². The summed E-state index contributed by atoms with van der Waals surface area (Å²) in [4.78, 5) is 13.5. The summed E-state index contributed by atoms with van der Waals surface area (Å²) < 4.78 is 37.3. The fourth-order valence-corrected chi connectivity index (χ4v) is 1.69. The summed E-state index contributed by atoms with van der Waals surface area (Å²) in [6, 6.07) is 4.00. The van der Waals surface area contributed by atoms with Gasteiger partial charge in [0.05, 0.1) is 5.56 Å². The van der Waals surface area contributed by atoms with Gasteiger partial charge in [-0.25, -0.2) is 0 Å². The predicted octanol–water partition coefficient (Wildman–Crippen LogP) is 2.30. The molecule has 1 aromatic carbocycles. The van der Waals surface area contributed by atoms with Gasteiger partial charge in [-0.3, -0.25) is 4.79 Å². The fourth-order valence-electron chi connectivity index (χ4n) is 1.69. The van der Waals surface area contributed by atoms with E-state index < -0.39 is 17.6 Å². The van der Waals surface area contributed by atoms with E-state index in [4.69, 9.17) is 10.9 Å². The number of halogens is 3. The molecule has 0 radical (unpaired) electrons. The van der Waals surface area contributed by atoms with Crippen LogP contribution in [0.25, 0.3) is 0 Å². The molecule has 0 aliphatic carbocycles. The molecule has 0 aromatic heterocycles. The lowest BCUT2D eigenvalue weighted by atomic mass is 10.1. The Morgan fingerprint density at radius 3 is 2.33 bits per heavy atom. The van der Waals surface area contributed by atoms with Gasteiger partial charge in [0.25, 0.3) is 5.91 Å². The van der Waals surface area contributed by atoms with Crippen LogP contribution in [-0.4, -0.2) is 34.9 Å². The number of alkyl halides is 3. The van der Waals surface area contributed by atoms with E-state index in [0.717, 1.165) is 24.3 Å². The van der Waals surface area contributed by atoms with Crippen molar-refractivity contribution in [1.29, 1.82) is 0 Å². The second-order valence-electron chi connectivity index (χ2n) is 4.30. The van der Waals surface area contributed by atoms with Crippen LogP contribution >= 0.6 is 0 Å². The third-order valence-electron chi connectivity index (χ3n) is 2.89. The number of amides is 1. The van der Waals surface area contributed by atoms with Gasteiger partial charge in [0.15, 0.2) is 0 Å². The Balaban J connectivity index is 2.81. The molecule has 8 heteroatoms. The van der Waals surface area contributed by atoms with Gasteiger partial charge in [0.2, 0.25) is 0 Å². The van der Waals surface area contributed by atoms with Gasteiger partial charge < -0.3 is 15.8 Å². The number of amidine groups is 1. The highest BCUT2D eigenvalue weighted by Gasteiger charge is 2.30. The number of nitrogens with two attached hydrogens (primary N) is 1. The zero-order valence-electron chi connectivity index (χ0n) is 11.4. The first-order valence-electron chi connectivity index (χ1n) is 6.22. The lowest BCUT2D eigenvalue weighted by molar-refractivity contribution is -0.137. The molecule has 0 spiro atoms. The first kappa shape index (κ1) is 16.8. The number of benzene rings is 1. The van der Waals surface area contributed by atoms with E-state index >= 15 is 0 Å². The highest BCUT2D eigenvalue weighted by molar-refractivity contribution is 5.94. The molecule has 0 unspecified atom stereocenters. The fraction of sp³-hybridized carbons (Fsp3) is 0.385. The van der Waals surface area contributed by atoms with Crippen LogP contribution < -0.4 is 5.73 Å². The summed E-state index contributed by atoms with van der Waals surface area (Å²) in [5.74, 6) is -0.425. The van der Waals surface area contributed by atoms with Gasteiger partial charge in [-0.15, -0.1) is 0 Å². The normalized spacial score (nSPS) is 12.3. The number of nitrogens with zero attached hydrogens (tertiary/aromatic N) is 2. The lowest BCUT2D eigenvalue weighted by Crippen LogP contribution is -2.34. The molecule has 3 N–H and O–H groups in total. The maximum absolute atomic E-state index is 12.4. The average molecular weight is 303 g/mol. The van der Waals surface area contributed by atoms with E-state index in [9.17, 15) is 18.0 Å². The molecule has 0 heterocycles. The first-order valence-corrected chi connectivity index (χ1v) is 6.22. The van der Waals surface area contributed by atoms with Crippen molar-refractivity contribution in [3.8, 4) is 0 Å². The number of hydrogen-bond donors (Lipinski definition) is 2. The van der Waals surface area contributed by atoms with Gasteiger partial charge in [-0.05, 0) is 31.2 Å². The number of rotatable bonds is 5. The molecule has 21 heavy (non-hydrogen) atoms. The molecule has 5 nitrogen and oxygen atoms in total. The third-order valence-corrected chi connectivity index (χ3v) is 2.89. The molecule has 0 saturated heterocycles. The highest BCUT2D eigenvalue weighted by Crippen LogP contribution is 2.29. The van der Waals surface area contributed by atoms with Gasteiger partial charge in [-0.2, -0.15) is 13.2 Å². The van der Waals surface area contributed by atoms with E-state index in [2.05, 4.69) is 5.16 Å². The summed E-state index contributed by atoms with van der Waals surface area (Å²) >= 11 is 0. The molecule has 1 aromatic rings. The Bertz CT molecular complexity index is 512. The molecular weight excluding hydrogens is 287 g/mol. The number of carbonyl (C=O) groups is 1. The summed E-state index contributed by atoms with van der Waals surface area (Å²) in [6.45, 7) is 2.30. The minimum atomic E-state index is -4.43. The van der Waals surface area contributed by atoms with Crippen LogP contribution in [0.3, 0.4) is 0 Å². The van der Waals surface area contributed by atoms with Gasteiger partial charge >= 0.3 is 6.18 Å². The summed E-state index contributed by atoms with van der Waals surface area (Å²) in [7, 11) is 0. The van der Waals surface area contributed by atoms with Crippen LogP contribution in [0.5, 0.6) is 0 Å². The summed E-state index contributed by atoms with van der Waals surface area (Å²) in [5, 5.41) is 11.2. The largest absolute Gasteiger partial charge is 0.416 e. The second kappa shape index (κ2) is 6.96. The van der Waals surface area contributed by atoms with E-state index in [0.29, 0.717) is 6.54 Å². The molecule has 116 valence electrons. The quantitative estimate of drug-likeness (QED) is 0.379. The van der Waals surface area contributed by atoms with Crippen molar-refractivity contribution in [2.24, 2.45) is 10.9 Å². The Hall–Kier alpha value is -2.25. The Morgan fingerprint density at radius 2 is 1.90 bits per heavy atom. The number of oxime groups is 1. The standard InChI is InChI=1S/C13H16F3N3O2/c1-2-19(8-7-11(17)18-21)12(20)9-3-5-10(6-4-9)13(14,15)16/h3-6,21H,2,7-8H2,1H3,(H2,17,18). The van der Waals surface area contributed by atoms with Crippen molar-refractivity contribution < 1.29 is 23.2 Å². The second-order valence-corrected chi connectivity index (χ2v) is 4.30. The molecule has 0 aliphatic heterocycles. The Morgan fingerprint density at radius 1 is 1.33 bits per heavy atom. The first-order chi connectivity index (χ1) is 9.79. The molecule has 0 aliphatic rings. The topological polar surface area (TPSA) is 78.9 Å². The van der Waals surface area contributed by atoms with Crippen LogP contribution in [0.2, 0.25) is 0 Å².